The summed E-state index contributed by atoms with van der Waals surface area (Å²) in [7, 11) is -4.21. The Kier molecular flexibility index (Phi) is 5.64. The van der Waals surface area contributed by atoms with Crippen molar-refractivity contribution in [2.75, 3.05) is 6.61 Å². The van der Waals surface area contributed by atoms with Crippen LogP contribution in [-0.2, 0) is 14.8 Å². The van der Waals surface area contributed by atoms with Gasteiger partial charge in [0.25, 0.3) is 0 Å². The molecule has 1 atom stereocenters. The van der Waals surface area contributed by atoms with E-state index < -0.39 is 26.7 Å². The first kappa shape index (κ1) is 16.6. The Morgan fingerprint density at radius 1 is 1.45 bits per heavy atom. The van der Waals surface area contributed by atoms with Crippen LogP contribution in [0, 0.1) is 11.7 Å². The maximum atomic E-state index is 13.3. The third-order valence-electron chi connectivity index (χ3n) is 2.75. The summed E-state index contributed by atoms with van der Waals surface area (Å²) in [6, 6.07) is 2.93. The summed E-state index contributed by atoms with van der Waals surface area (Å²) < 4.78 is 40.7. The molecule has 0 heterocycles. The third kappa shape index (κ3) is 4.57. The van der Waals surface area contributed by atoms with Gasteiger partial charge in [0.05, 0.1) is 12.2 Å². The Bertz CT molecular complexity index is 586. The van der Waals surface area contributed by atoms with Crippen LogP contribution in [0.1, 0.15) is 37.0 Å². The zero-order valence-corrected chi connectivity index (χ0v) is 12.2. The van der Waals surface area contributed by atoms with Gasteiger partial charge in [-0.25, -0.2) is 22.7 Å². The van der Waals surface area contributed by atoms with E-state index in [1.165, 1.54) is 0 Å². The SMILES string of the molecule is CCCC(C)COC(=O)c1ccc(F)c(S(N)(=O)=O)c1. The number of carbonyl (C=O) groups excluding carboxylic acids is 1. The largest absolute Gasteiger partial charge is 0.462 e. The molecule has 0 spiro atoms. The minimum Gasteiger partial charge on any atom is -0.462 e. The van der Waals surface area contributed by atoms with Crippen molar-refractivity contribution in [2.24, 2.45) is 11.1 Å². The lowest BCUT2D eigenvalue weighted by Crippen LogP contribution is -2.16. The molecule has 0 aliphatic carbocycles. The lowest BCUT2D eigenvalue weighted by atomic mass is 10.1. The molecule has 20 heavy (non-hydrogen) atoms. The topological polar surface area (TPSA) is 86.5 Å². The third-order valence-corrected chi connectivity index (χ3v) is 3.68. The van der Waals surface area contributed by atoms with Crippen molar-refractivity contribution in [3.05, 3.63) is 29.6 Å². The van der Waals surface area contributed by atoms with Crippen LogP contribution in [0.4, 0.5) is 4.39 Å². The molecule has 5 nitrogen and oxygen atoms in total. The second-order valence-electron chi connectivity index (χ2n) is 4.68. The number of benzene rings is 1. The first-order valence-electron chi connectivity index (χ1n) is 6.25. The van der Waals surface area contributed by atoms with Gasteiger partial charge in [-0.1, -0.05) is 20.3 Å². The fraction of sp³-hybridized carbons (Fsp3) is 0.462. The fourth-order valence-corrected chi connectivity index (χ4v) is 2.36. The van der Waals surface area contributed by atoms with E-state index in [1.54, 1.807) is 0 Å². The maximum absolute atomic E-state index is 13.3. The zero-order chi connectivity index (χ0) is 15.3. The number of halogens is 1. The molecule has 0 fully saturated rings. The van der Waals surface area contributed by atoms with Crippen LogP contribution < -0.4 is 5.14 Å². The molecule has 0 saturated heterocycles. The predicted octanol–water partition coefficient (Wildman–Crippen LogP) is 2.07. The van der Waals surface area contributed by atoms with Crippen LogP contribution in [0.25, 0.3) is 0 Å². The van der Waals surface area contributed by atoms with Crippen molar-refractivity contribution in [1.29, 1.82) is 0 Å². The summed E-state index contributed by atoms with van der Waals surface area (Å²) in [5, 5.41) is 4.87. The highest BCUT2D eigenvalue weighted by Gasteiger charge is 2.18. The number of rotatable bonds is 6. The highest BCUT2D eigenvalue weighted by atomic mass is 32.2. The van der Waals surface area contributed by atoms with E-state index in [1.807, 2.05) is 13.8 Å². The minimum absolute atomic E-state index is 0.0425. The van der Waals surface area contributed by atoms with E-state index in [9.17, 15) is 17.6 Å². The van der Waals surface area contributed by atoms with Crippen LogP contribution in [0.2, 0.25) is 0 Å². The second kappa shape index (κ2) is 6.81. The molecule has 0 aliphatic heterocycles. The number of esters is 1. The molecule has 2 N–H and O–H groups in total. The molecule has 1 unspecified atom stereocenters. The van der Waals surface area contributed by atoms with Gasteiger partial charge in [-0.15, -0.1) is 0 Å². The summed E-state index contributed by atoms with van der Waals surface area (Å²) in [5.41, 5.74) is -0.0425. The first-order valence-corrected chi connectivity index (χ1v) is 7.79. The predicted molar refractivity (Wildman–Crippen MR) is 72.1 cm³/mol. The summed E-state index contributed by atoms with van der Waals surface area (Å²) in [5.74, 6) is -1.48. The minimum atomic E-state index is -4.21. The van der Waals surface area contributed by atoms with Gasteiger partial charge >= 0.3 is 5.97 Å². The number of primary sulfonamides is 1. The Labute approximate surface area is 118 Å². The van der Waals surface area contributed by atoms with Crippen molar-refractivity contribution in [3.8, 4) is 0 Å². The van der Waals surface area contributed by atoms with Crippen molar-refractivity contribution in [1.82, 2.24) is 0 Å². The van der Waals surface area contributed by atoms with Crippen molar-refractivity contribution < 1.29 is 22.3 Å². The van der Waals surface area contributed by atoms with E-state index in [-0.39, 0.29) is 18.1 Å². The normalized spacial score (nSPS) is 13.0. The summed E-state index contributed by atoms with van der Waals surface area (Å²) >= 11 is 0. The molecule has 112 valence electrons. The van der Waals surface area contributed by atoms with Gasteiger partial charge in [-0.05, 0) is 30.5 Å². The molecule has 0 saturated carbocycles. The molecular formula is C13H18FNO4S. The Morgan fingerprint density at radius 2 is 2.10 bits per heavy atom. The Balaban J connectivity index is 2.85. The number of nitrogens with two attached hydrogens (primary N) is 1. The van der Waals surface area contributed by atoms with Crippen LogP contribution in [-0.4, -0.2) is 21.0 Å². The smallest absolute Gasteiger partial charge is 0.338 e. The molecule has 1 rings (SSSR count). The zero-order valence-electron chi connectivity index (χ0n) is 11.4. The van der Waals surface area contributed by atoms with Crippen molar-refractivity contribution in [3.63, 3.8) is 0 Å². The van der Waals surface area contributed by atoms with Gasteiger partial charge in [-0.3, -0.25) is 0 Å². The van der Waals surface area contributed by atoms with E-state index in [0.717, 1.165) is 31.0 Å². The quantitative estimate of drug-likeness (QED) is 0.815. The maximum Gasteiger partial charge on any atom is 0.338 e. The monoisotopic (exact) mass is 303 g/mol. The molecule has 0 aliphatic rings. The summed E-state index contributed by atoms with van der Waals surface area (Å²) in [6.45, 7) is 4.20. The number of ether oxygens (including phenoxy) is 1. The lowest BCUT2D eigenvalue weighted by Gasteiger charge is -2.11. The van der Waals surface area contributed by atoms with Crippen LogP contribution in [0.3, 0.4) is 0 Å². The Hall–Kier alpha value is -1.47. The average molecular weight is 303 g/mol. The molecule has 1 aromatic carbocycles. The number of hydrogen-bond acceptors (Lipinski definition) is 4. The van der Waals surface area contributed by atoms with Crippen LogP contribution in [0.15, 0.2) is 23.1 Å². The number of hydrogen-bond donors (Lipinski definition) is 1. The van der Waals surface area contributed by atoms with E-state index in [2.05, 4.69) is 0 Å². The van der Waals surface area contributed by atoms with E-state index in [4.69, 9.17) is 9.88 Å². The second-order valence-corrected chi connectivity index (χ2v) is 6.21. The lowest BCUT2D eigenvalue weighted by molar-refractivity contribution is 0.0443. The van der Waals surface area contributed by atoms with Crippen molar-refractivity contribution >= 4 is 16.0 Å². The van der Waals surface area contributed by atoms with Gasteiger partial charge in [0.15, 0.2) is 0 Å². The average Bonchev–Trinajstić information content (AvgIpc) is 2.35. The van der Waals surface area contributed by atoms with Gasteiger partial charge in [-0.2, -0.15) is 0 Å². The van der Waals surface area contributed by atoms with Gasteiger partial charge in [0.2, 0.25) is 10.0 Å². The fourth-order valence-electron chi connectivity index (χ4n) is 1.73. The molecule has 0 bridgehead atoms. The number of sulfonamides is 1. The highest BCUT2D eigenvalue weighted by Crippen LogP contribution is 2.16. The van der Waals surface area contributed by atoms with E-state index >= 15 is 0 Å². The summed E-state index contributed by atoms with van der Waals surface area (Å²) in [6.07, 6.45) is 1.89. The molecule has 7 heteroatoms. The number of carbonyl (C=O) groups is 1. The van der Waals surface area contributed by atoms with Crippen molar-refractivity contribution in [2.45, 2.75) is 31.6 Å². The molecule has 1 aromatic rings. The molecule has 0 aromatic heterocycles. The van der Waals surface area contributed by atoms with Crippen LogP contribution >= 0.6 is 0 Å². The van der Waals surface area contributed by atoms with Gasteiger partial charge in [0, 0.05) is 0 Å². The standard InChI is InChI=1S/C13H18FNO4S/c1-3-4-9(2)8-19-13(16)10-5-6-11(14)12(7-10)20(15,17)18/h5-7,9H,3-4,8H2,1-2H3,(H2,15,17,18). The van der Waals surface area contributed by atoms with Crippen LogP contribution in [0.5, 0.6) is 0 Å². The molecular weight excluding hydrogens is 285 g/mol. The van der Waals surface area contributed by atoms with Gasteiger partial charge in [0.1, 0.15) is 10.7 Å². The highest BCUT2D eigenvalue weighted by molar-refractivity contribution is 7.89. The van der Waals surface area contributed by atoms with E-state index in [0.29, 0.717) is 0 Å². The first-order chi connectivity index (χ1) is 9.25. The molecule has 0 amide bonds. The summed E-state index contributed by atoms with van der Waals surface area (Å²) in [4.78, 5) is 11.0. The Morgan fingerprint density at radius 3 is 2.65 bits per heavy atom. The molecule has 0 radical (unpaired) electrons. The van der Waals surface area contributed by atoms with Gasteiger partial charge < -0.3 is 4.74 Å².